The topological polar surface area (TPSA) is 12.5 Å². The SMILES string of the molecule is FC(F)(F)COc1ccccc1N(c1ccccc1)c1ccccc1. The van der Waals surface area contributed by atoms with Crippen LogP contribution in [0.2, 0.25) is 0 Å². The first kappa shape index (κ1) is 16.9. The molecule has 0 radical (unpaired) electrons. The summed E-state index contributed by atoms with van der Waals surface area (Å²) in [5, 5.41) is 0. The van der Waals surface area contributed by atoms with E-state index in [1.165, 1.54) is 0 Å². The lowest BCUT2D eigenvalue weighted by Crippen LogP contribution is -2.20. The Morgan fingerprint density at radius 3 is 1.68 bits per heavy atom. The summed E-state index contributed by atoms with van der Waals surface area (Å²) in [4.78, 5) is 1.87. The summed E-state index contributed by atoms with van der Waals surface area (Å²) in [6.07, 6.45) is -4.39. The third kappa shape index (κ3) is 4.32. The summed E-state index contributed by atoms with van der Waals surface area (Å²) in [6, 6.07) is 25.6. The Bertz CT molecular complexity index is 764. The molecule has 128 valence electrons. The van der Waals surface area contributed by atoms with E-state index in [0.29, 0.717) is 5.69 Å². The lowest BCUT2D eigenvalue weighted by Gasteiger charge is -2.27. The molecule has 25 heavy (non-hydrogen) atoms. The Kier molecular flexibility index (Phi) is 4.93. The van der Waals surface area contributed by atoms with Gasteiger partial charge in [0, 0.05) is 11.4 Å². The molecule has 3 rings (SSSR count). The number of rotatable bonds is 5. The van der Waals surface area contributed by atoms with Crippen LogP contribution in [0.1, 0.15) is 0 Å². The second kappa shape index (κ2) is 7.30. The summed E-state index contributed by atoms with van der Waals surface area (Å²) in [6.45, 7) is -1.33. The van der Waals surface area contributed by atoms with Crippen molar-refractivity contribution in [3.63, 3.8) is 0 Å². The quantitative estimate of drug-likeness (QED) is 0.555. The van der Waals surface area contributed by atoms with Crippen molar-refractivity contribution in [2.75, 3.05) is 11.5 Å². The molecule has 0 saturated carbocycles. The van der Waals surface area contributed by atoms with E-state index in [4.69, 9.17) is 4.74 Å². The van der Waals surface area contributed by atoms with Crippen LogP contribution in [-0.2, 0) is 0 Å². The molecule has 0 saturated heterocycles. The van der Waals surface area contributed by atoms with Crippen molar-refractivity contribution in [3.05, 3.63) is 84.9 Å². The molecule has 0 N–H and O–H groups in total. The molecule has 0 amide bonds. The Hall–Kier alpha value is -2.95. The Balaban J connectivity index is 2.06. The first-order valence-electron chi connectivity index (χ1n) is 7.73. The highest BCUT2D eigenvalue weighted by Crippen LogP contribution is 2.40. The van der Waals surface area contributed by atoms with Gasteiger partial charge in [-0.05, 0) is 36.4 Å². The van der Waals surface area contributed by atoms with E-state index in [0.717, 1.165) is 11.4 Å². The van der Waals surface area contributed by atoms with Crippen molar-refractivity contribution in [1.29, 1.82) is 0 Å². The van der Waals surface area contributed by atoms with E-state index in [1.807, 2.05) is 65.6 Å². The minimum atomic E-state index is -4.39. The number of anilines is 3. The van der Waals surface area contributed by atoms with Gasteiger partial charge in [-0.2, -0.15) is 13.2 Å². The molecular formula is C20H16F3NO. The molecule has 0 fully saturated rings. The molecule has 0 aliphatic heterocycles. The van der Waals surface area contributed by atoms with Gasteiger partial charge in [-0.1, -0.05) is 48.5 Å². The van der Waals surface area contributed by atoms with Crippen molar-refractivity contribution in [1.82, 2.24) is 0 Å². The van der Waals surface area contributed by atoms with Crippen LogP contribution in [0.4, 0.5) is 30.2 Å². The van der Waals surface area contributed by atoms with Gasteiger partial charge in [0.15, 0.2) is 6.61 Å². The smallest absolute Gasteiger partial charge is 0.422 e. The first-order valence-corrected chi connectivity index (χ1v) is 7.73. The molecule has 3 aromatic carbocycles. The van der Waals surface area contributed by atoms with Gasteiger partial charge in [-0.25, -0.2) is 0 Å². The molecule has 3 aromatic rings. The molecule has 0 aromatic heterocycles. The highest BCUT2D eigenvalue weighted by molar-refractivity contribution is 5.79. The molecule has 5 heteroatoms. The third-order valence-electron chi connectivity index (χ3n) is 3.53. The average molecular weight is 343 g/mol. The second-order valence-electron chi connectivity index (χ2n) is 5.38. The fourth-order valence-electron chi connectivity index (χ4n) is 2.50. The summed E-state index contributed by atoms with van der Waals surface area (Å²) < 4.78 is 42.8. The van der Waals surface area contributed by atoms with Crippen LogP contribution in [0, 0.1) is 0 Å². The Morgan fingerprint density at radius 2 is 1.16 bits per heavy atom. The van der Waals surface area contributed by atoms with E-state index < -0.39 is 12.8 Å². The predicted octanol–water partition coefficient (Wildman–Crippen LogP) is 6.10. The van der Waals surface area contributed by atoms with E-state index in [9.17, 15) is 13.2 Å². The monoisotopic (exact) mass is 343 g/mol. The first-order chi connectivity index (χ1) is 12.0. The predicted molar refractivity (Wildman–Crippen MR) is 92.7 cm³/mol. The molecule has 2 nitrogen and oxygen atoms in total. The maximum absolute atomic E-state index is 12.6. The molecule has 0 atom stereocenters. The largest absolute Gasteiger partial charge is 0.482 e. The Labute approximate surface area is 144 Å². The number of nitrogens with zero attached hydrogens (tertiary/aromatic N) is 1. The summed E-state index contributed by atoms with van der Waals surface area (Å²) in [7, 11) is 0. The fourth-order valence-corrected chi connectivity index (χ4v) is 2.50. The standard InChI is InChI=1S/C20H16F3NO/c21-20(22,23)15-25-19-14-8-7-13-18(19)24(16-9-3-1-4-10-16)17-11-5-2-6-12-17/h1-14H,15H2. The van der Waals surface area contributed by atoms with E-state index in [2.05, 4.69) is 0 Å². The van der Waals surface area contributed by atoms with Gasteiger partial charge in [0.2, 0.25) is 0 Å². The molecule has 0 aliphatic rings. The zero-order valence-corrected chi connectivity index (χ0v) is 13.3. The number of benzene rings is 3. The molecule has 0 bridgehead atoms. The van der Waals surface area contributed by atoms with E-state index in [-0.39, 0.29) is 5.75 Å². The van der Waals surface area contributed by atoms with Gasteiger partial charge in [-0.15, -0.1) is 0 Å². The van der Waals surface area contributed by atoms with Gasteiger partial charge in [-0.3, -0.25) is 0 Å². The van der Waals surface area contributed by atoms with Crippen LogP contribution in [-0.4, -0.2) is 12.8 Å². The number of ether oxygens (including phenoxy) is 1. The van der Waals surface area contributed by atoms with Gasteiger partial charge < -0.3 is 9.64 Å². The van der Waals surface area contributed by atoms with Gasteiger partial charge in [0.25, 0.3) is 0 Å². The fraction of sp³-hybridized carbons (Fsp3) is 0.100. The number of halogens is 3. The molecule has 0 aliphatic carbocycles. The van der Waals surface area contributed by atoms with Crippen LogP contribution in [0.25, 0.3) is 0 Å². The molecule has 0 unspecified atom stereocenters. The summed E-state index contributed by atoms with van der Waals surface area (Å²) in [5.74, 6) is 0.174. The summed E-state index contributed by atoms with van der Waals surface area (Å²) >= 11 is 0. The van der Waals surface area contributed by atoms with Crippen LogP contribution < -0.4 is 9.64 Å². The zero-order chi connectivity index (χ0) is 17.7. The van der Waals surface area contributed by atoms with Gasteiger partial charge >= 0.3 is 6.18 Å². The van der Waals surface area contributed by atoms with Crippen molar-refractivity contribution >= 4 is 17.1 Å². The van der Waals surface area contributed by atoms with E-state index >= 15 is 0 Å². The van der Waals surface area contributed by atoms with Gasteiger partial charge in [0.1, 0.15) is 5.75 Å². The lowest BCUT2D eigenvalue weighted by molar-refractivity contribution is -0.153. The molecule has 0 spiro atoms. The second-order valence-corrected chi connectivity index (χ2v) is 5.38. The van der Waals surface area contributed by atoms with Crippen LogP contribution in [0.15, 0.2) is 84.9 Å². The zero-order valence-electron chi connectivity index (χ0n) is 13.3. The average Bonchev–Trinajstić information content (AvgIpc) is 2.62. The normalized spacial score (nSPS) is 11.2. The number of para-hydroxylation sites is 4. The number of hydrogen-bond acceptors (Lipinski definition) is 2. The van der Waals surface area contributed by atoms with Crippen LogP contribution in [0.5, 0.6) is 5.75 Å². The van der Waals surface area contributed by atoms with Crippen molar-refractivity contribution in [2.45, 2.75) is 6.18 Å². The Morgan fingerprint density at radius 1 is 0.680 bits per heavy atom. The number of alkyl halides is 3. The molecule has 0 heterocycles. The van der Waals surface area contributed by atoms with Crippen LogP contribution >= 0.6 is 0 Å². The van der Waals surface area contributed by atoms with Gasteiger partial charge in [0.05, 0.1) is 5.69 Å². The van der Waals surface area contributed by atoms with Crippen LogP contribution in [0.3, 0.4) is 0 Å². The van der Waals surface area contributed by atoms with Crippen molar-refractivity contribution < 1.29 is 17.9 Å². The lowest BCUT2D eigenvalue weighted by atomic mass is 10.2. The maximum Gasteiger partial charge on any atom is 0.422 e. The highest BCUT2D eigenvalue weighted by atomic mass is 19.4. The van der Waals surface area contributed by atoms with E-state index in [1.54, 1.807) is 24.3 Å². The van der Waals surface area contributed by atoms with Crippen molar-refractivity contribution in [2.24, 2.45) is 0 Å². The van der Waals surface area contributed by atoms with Crippen molar-refractivity contribution in [3.8, 4) is 5.75 Å². The molecular weight excluding hydrogens is 327 g/mol. The summed E-state index contributed by atoms with van der Waals surface area (Å²) in [5.41, 5.74) is 2.21. The third-order valence-corrected chi connectivity index (χ3v) is 3.53. The number of hydrogen-bond donors (Lipinski definition) is 0. The minimum absolute atomic E-state index is 0.174. The highest BCUT2D eigenvalue weighted by Gasteiger charge is 2.29. The minimum Gasteiger partial charge on any atom is -0.482 e. The maximum atomic E-state index is 12.6.